The van der Waals surface area contributed by atoms with Crippen molar-refractivity contribution in [3.63, 3.8) is 0 Å². The monoisotopic (exact) mass is 466 g/mol. The molecular formula is C26H27BN6O2. The van der Waals surface area contributed by atoms with Crippen molar-refractivity contribution >= 4 is 30.7 Å². The number of piperidine rings is 1. The number of nitrogens with zero attached hydrogens (tertiary/aromatic N) is 5. The van der Waals surface area contributed by atoms with E-state index >= 15 is 0 Å². The Kier molecular flexibility index (Phi) is 6.76. The van der Waals surface area contributed by atoms with E-state index in [-0.39, 0.29) is 5.97 Å². The fourth-order valence-electron chi connectivity index (χ4n) is 4.54. The number of hydrogen-bond acceptors (Lipinski definition) is 7. The van der Waals surface area contributed by atoms with Crippen LogP contribution in [0.3, 0.4) is 0 Å². The number of carbonyl (C=O) groups excluding carboxylic acids is 1. The number of rotatable bonds is 7. The minimum Gasteiger partial charge on any atom is -0.465 e. The number of nitrogens with one attached hydrogen (secondary N) is 1. The van der Waals surface area contributed by atoms with Crippen molar-refractivity contribution in [2.24, 2.45) is 0 Å². The van der Waals surface area contributed by atoms with Crippen LogP contribution in [0.4, 0.5) is 5.82 Å². The van der Waals surface area contributed by atoms with E-state index in [9.17, 15) is 4.79 Å². The third-order valence-corrected chi connectivity index (χ3v) is 6.50. The summed E-state index contributed by atoms with van der Waals surface area (Å²) in [5.74, 6) is 0.917. The molecule has 0 aliphatic carbocycles. The molecule has 4 heterocycles. The van der Waals surface area contributed by atoms with E-state index in [4.69, 9.17) is 17.6 Å². The molecule has 1 fully saturated rings. The molecule has 0 bridgehead atoms. The van der Waals surface area contributed by atoms with Crippen LogP contribution in [0.5, 0.6) is 0 Å². The third kappa shape index (κ3) is 5.20. The van der Waals surface area contributed by atoms with E-state index < -0.39 is 0 Å². The smallest absolute Gasteiger partial charge is 0.337 e. The molecule has 1 aliphatic rings. The van der Waals surface area contributed by atoms with E-state index in [1.54, 1.807) is 16.9 Å². The molecule has 0 spiro atoms. The molecule has 8 nitrogen and oxygen atoms in total. The molecule has 0 atom stereocenters. The Morgan fingerprint density at radius 2 is 1.94 bits per heavy atom. The molecule has 4 aromatic rings. The Morgan fingerprint density at radius 1 is 1.14 bits per heavy atom. The van der Waals surface area contributed by atoms with Gasteiger partial charge in [-0.1, -0.05) is 18.2 Å². The number of benzene rings is 1. The summed E-state index contributed by atoms with van der Waals surface area (Å²) >= 11 is 0. The summed E-state index contributed by atoms with van der Waals surface area (Å²) in [5, 5.41) is 7.89. The number of aromatic nitrogens is 4. The molecule has 1 N–H and O–H groups in total. The van der Waals surface area contributed by atoms with Crippen LogP contribution in [0.25, 0.3) is 5.65 Å². The van der Waals surface area contributed by atoms with Gasteiger partial charge in [0.25, 0.3) is 0 Å². The van der Waals surface area contributed by atoms with E-state index in [1.807, 2.05) is 42.6 Å². The first kappa shape index (κ1) is 23.0. The van der Waals surface area contributed by atoms with Crippen molar-refractivity contribution in [1.82, 2.24) is 24.5 Å². The van der Waals surface area contributed by atoms with Crippen LogP contribution in [0, 0.1) is 0 Å². The molecule has 0 unspecified atom stereocenters. The van der Waals surface area contributed by atoms with Gasteiger partial charge in [-0.3, -0.25) is 9.88 Å². The first-order valence-corrected chi connectivity index (χ1v) is 11.8. The minimum absolute atomic E-state index is 0.310. The normalized spacial score (nSPS) is 14.8. The van der Waals surface area contributed by atoms with Gasteiger partial charge in [0.15, 0.2) is 0 Å². The van der Waals surface area contributed by atoms with Gasteiger partial charge in [0.05, 0.1) is 12.7 Å². The summed E-state index contributed by atoms with van der Waals surface area (Å²) in [6.07, 6.45) is 7.29. The first-order chi connectivity index (χ1) is 17.1. The zero-order valence-electron chi connectivity index (χ0n) is 19.7. The molecule has 0 saturated carbocycles. The van der Waals surface area contributed by atoms with Crippen LogP contribution in [0.1, 0.15) is 45.9 Å². The van der Waals surface area contributed by atoms with Crippen molar-refractivity contribution in [2.45, 2.75) is 31.8 Å². The fourth-order valence-corrected chi connectivity index (χ4v) is 4.54. The van der Waals surface area contributed by atoms with Crippen molar-refractivity contribution in [1.29, 1.82) is 0 Å². The number of esters is 1. The van der Waals surface area contributed by atoms with Gasteiger partial charge >= 0.3 is 5.97 Å². The summed E-state index contributed by atoms with van der Waals surface area (Å²) in [6, 6.07) is 13.7. The number of methoxy groups -OCH3 is 1. The van der Waals surface area contributed by atoms with Gasteiger partial charge in [-0.15, -0.1) is 0 Å². The number of fused-ring (bicyclic) bond motifs is 1. The van der Waals surface area contributed by atoms with E-state index in [2.05, 4.69) is 26.4 Å². The van der Waals surface area contributed by atoms with E-state index in [0.717, 1.165) is 49.6 Å². The van der Waals surface area contributed by atoms with Crippen LogP contribution < -0.4 is 10.8 Å². The molecule has 5 rings (SSSR count). The predicted molar refractivity (Wildman–Crippen MR) is 135 cm³/mol. The molecule has 1 aromatic carbocycles. The van der Waals surface area contributed by atoms with Gasteiger partial charge in [-0.05, 0) is 60.7 Å². The Labute approximate surface area is 205 Å². The first-order valence-electron chi connectivity index (χ1n) is 11.8. The molecule has 176 valence electrons. The highest BCUT2D eigenvalue weighted by atomic mass is 16.5. The van der Waals surface area contributed by atoms with Crippen molar-refractivity contribution in [2.75, 3.05) is 25.5 Å². The highest BCUT2D eigenvalue weighted by Crippen LogP contribution is 2.29. The fraction of sp³-hybridized carbons (Fsp3) is 0.308. The lowest BCUT2D eigenvalue weighted by Crippen LogP contribution is -2.32. The molecule has 35 heavy (non-hydrogen) atoms. The maximum Gasteiger partial charge on any atom is 0.337 e. The Bertz CT molecular complexity index is 1300. The third-order valence-electron chi connectivity index (χ3n) is 6.50. The average Bonchev–Trinajstić information content (AvgIpc) is 3.29. The topological polar surface area (TPSA) is 84.7 Å². The maximum atomic E-state index is 11.6. The largest absolute Gasteiger partial charge is 0.465 e. The molecule has 3 aromatic heterocycles. The van der Waals surface area contributed by atoms with E-state index in [0.29, 0.717) is 29.1 Å². The van der Waals surface area contributed by atoms with Gasteiger partial charge < -0.3 is 10.1 Å². The zero-order valence-corrected chi connectivity index (χ0v) is 19.7. The van der Waals surface area contributed by atoms with Gasteiger partial charge in [0, 0.05) is 49.4 Å². The molecular weight excluding hydrogens is 439 g/mol. The van der Waals surface area contributed by atoms with Crippen LogP contribution in [-0.2, 0) is 17.8 Å². The van der Waals surface area contributed by atoms with Crippen LogP contribution >= 0.6 is 0 Å². The Hall–Kier alpha value is -3.72. The summed E-state index contributed by atoms with van der Waals surface area (Å²) in [4.78, 5) is 23.2. The predicted octanol–water partition coefficient (Wildman–Crippen LogP) is 2.70. The number of hydrogen-bond donors (Lipinski definition) is 1. The number of anilines is 1. The Morgan fingerprint density at radius 3 is 2.66 bits per heavy atom. The molecule has 2 radical (unpaired) electrons. The van der Waals surface area contributed by atoms with Gasteiger partial charge in [0.2, 0.25) is 0 Å². The number of likely N-dealkylation sites (tertiary alicyclic amines) is 1. The second-order valence-electron chi connectivity index (χ2n) is 8.86. The lowest BCUT2D eigenvalue weighted by molar-refractivity contribution is 0.0600. The summed E-state index contributed by atoms with van der Waals surface area (Å²) in [7, 11) is 7.57. The minimum atomic E-state index is -0.310. The van der Waals surface area contributed by atoms with Crippen molar-refractivity contribution < 1.29 is 9.53 Å². The molecule has 9 heteroatoms. The quantitative estimate of drug-likeness (QED) is 0.331. The summed E-state index contributed by atoms with van der Waals surface area (Å²) in [5.41, 5.74) is 5.15. The number of ether oxygens (including phenoxy) is 1. The van der Waals surface area contributed by atoms with Gasteiger partial charge in [-0.25, -0.2) is 9.78 Å². The van der Waals surface area contributed by atoms with E-state index in [1.165, 1.54) is 12.7 Å². The second-order valence-corrected chi connectivity index (χ2v) is 8.86. The Balaban J connectivity index is 1.26. The average molecular weight is 466 g/mol. The summed E-state index contributed by atoms with van der Waals surface area (Å²) in [6.45, 7) is 3.44. The van der Waals surface area contributed by atoms with Crippen molar-refractivity contribution in [3.05, 3.63) is 83.4 Å². The molecule has 0 amide bonds. The second kappa shape index (κ2) is 10.3. The highest BCUT2D eigenvalue weighted by molar-refractivity contribution is 6.36. The summed E-state index contributed by atoms with van der Waals surface area (Å²) < 4.78 is 6.55. The van der Waals surface area contributed by atoms with Crippen molar-refractivity contribution in [3.8, 4) is 0 Å². The molecule has 1 saturated heterocycles. The number of pyridine rings is 1. The SMILES string of the molecule is [B]c1cnn2c(NCc3cccnc3)cc(C3CCN(Cc4ccc(C(=O)OC)cc4)CC3)nc12. The molecule has 1 aliphatic heterocycles. The van der Waals surface area contributed by atoms with Crippen LogP contribution in [-0.4, -0.2) is 58.5 Å². The number of carbonyl (C=O) groups is 1. The highest BCUT2D eigenvalue weighted by Gasteiger charge is 2.23. The zero-order chi connectivity index (χ0) is 24.2. The standard InChI is InChI=1S/C26H27BN6O2/c1-35-26(34)21-6-4-18(5-7-21)17-32-11-8-20(9-12-32)23-13-24(29-15-19-3-2-10-28-14-19)33-25(31-23)22(27)16-30-33/h2-7,10,13-14,16,20,29H,8-9,11-12,15,17H2,1H3. The lowest BCUT2D eigenvalue weighted by atomic mass is 9.92. The van der Waals surface area contributed by atoms with Gasteiger partial charge in [0.1, 0.15) is 19.3 Å². The maximum absolute atomic E-state index is 11.6. The van der Waals surface area contributed by atoms with Gasteiger partial charge in [-0.2, -0.15) is 9.61 Å². The van der Waals surface area contributed by atoms with Crippen LogP contribution in [0.2, 0.25) is 0 Å². The van der Waals surface area contributed by atoms with Crippen LogP contribution in [0.15, 0.2) is 61.1 Å². The lowest BCUT2D eigenvalue weighted by Gasteiger charge is -2.32.